The molecule has 256 valence electrons. The summed E-state index contributed by atoms with van der Waals surface area (Å²) in [5.74, 6) is -3.41. The minimum absolute atomic E-state index is 0.0925. The third-order valence-electron chi connectivity index (χ3n) is 10.1. The van der Waals surface area contributed by atoms with Gasteiger partial charge in [0, 0.05) is 18.7 Å². The number of esters is 1. The van der Waals surface area contributed by atoms with E-state index in [0.717, 1.165) is 16.3 Å². The maximum Gasteiger partial charge on any atom is 0.306 e. The van der Waals surface area contributed by atoms with Gasteiger partial charge in [-0.05, 0) is 54.7 Å². The lowest BCUT2D eigenvalue weighted by atomic mass is 9.70. The first kappa shape index (κ1) is 34.1. The number of aliphatic hydroxyl groups excluding tert-OH is 1. The van der Waals surface area contributed by atoms with E-state index in [0.29, 0.717) is 24.9 Å². The molecule has 3 fully saturated rings. The van der Waals surface area contributed by atoms with Gasteiger partial charge >= 0.3 is 5.97 Å². The lowest BCUT2D eigenvalue weighted by molar-refractivity contribution is -0.146. The number of nitrogens with zero attached hydrogens (tertiary/aromatic N) is 2. The van der Waals surface area contributed by atoms with Gasteiger partial charge in [-0.25, -0.2) is 0 Å². The van der Waals surface area contributed by atoms with Crippen molar-refractivity contribution < 1.29 is 33.8 Å². The van der Waals surface area contributed by atoms with Crippen molar-refractivity contribution in [3.05, 3.63) is 104 Å². The van der Waals surface area contributed by atoms with E-state index in [9.17, 15) is 24.3 Å². The minimum Gasteiger partial charge on any atom is -0.463 e. The van der Waals surface area contributed by atoms with Crippen molar-refractivity contribution in [2.45, 2.75) is 62.4 Å². The first-order valence-corrected chi connectivity index (χ1v) is 16.9. The van der Waals surface area contributed by atoms with Gasteiger partial charge in [0.25, 0.3) is 5.91 Å². The topological polar surface area (TPSA) is 125 Å². The van der Waals surface area contributed by atoms with Crippen LogP contribution in [0.1, 0.15) is 44.2 Å². The monoisotopic (exact) mass is 665 g/mol. The fourth-order valence-corrected chi connectivity index (χ4v) is 7.82. The Morgan fingerprint density at radius 1 is 1.08 bits per heavy atom. The summed E-state index contributed by atoms with van der Waals surface area (Å²) in [5.41, 5.74) is 0.116. The Balaban J connectivity index is 1.32. The molecule has 10 nitrogen and oxygen atoms in total. The predicted molar refractivity (Wildman–Crippen MR) is 185 cm³/mol. The molecule has 6 rings (SSSR count). The van der Waals surface area contributed by atoms with Gasteiger partial charge in [0.2, 0.25) is 11.8 Å². The average Bonchev–Trinajstić information content (AvgIpc) is 3.78. The molecular weight excluding hydrogens is 622 g/mol. The molecule has 7 atom stereocenters. The van der Waals surface area contributed by atoms with Crippen LogP contribution in [0.2, 0.25) is 0 Å². The van der Waals surface area contributed by atoms with Crippen LogP contribution in [0.25, 0.3) is 10.8 Å². The van der Waals surface area contributed by atoms with Gasteiger partial charge in [0.15, 0.2) is 0 Å². The number of anilines is 1. The molecule has 1 spiro atoms. The Labute approximate surface area is 286 Å². The molecule has 2 bridgehead atoms. The van der Waals surface area contributed by atoms with Crippen LogP contribution in [-0.4, -0.2) is 77.2 Å². The van der Waals surface area contributed by atoms with Crippen LogP contribution in [-0.2, 0) is 28.7 Å². The number of hydrogen-bond acceptors (Lipinski definition) is 7. The molecule has 0 saturated carbocycles. The van der Waals surface area contributed by atoms with Gasteiger partial charge in [-0.15, -0.1) is 13.2 Å². The molecule has 3 aliphatic rings. The Hall–Kier alpha value is -4.80. The molecule has 0 unspecified atom stereocenters. The summed E-state index contributed by atoms with van der Waals surface area (Å²) in [7, 11) is 0. The highest BCUT2D eigenvalue weighted by molar-refractivity contribution is 6.06. The van der Waals surface area contributed by atoms with Crippen molar-refractivity contribution in [1.29, 1.82) is 0 Å². The van der Waals surface area contributed by atoms with Crippen LogP contribution in [0.3, 0.4) is 0 Å². The molecule has 3 amide bonds. The number of benzene rings is 3. The lowest BCUT2D eigenvalue weighted by Gasteiger charge is -2.38. The van der Waals surface area contributed by atoms with E-state index < -0.39 is 59.5 Å². The molecule has 3 aromatic rings. The zero-order valence-electron chi connectivity index (χ0n) is 27.7. The van der Waals surface area contributed by atoms with E-state index in [2.05, 4.69) is 18.5 Å². The molecule has 3 saturated heterocycles. The Bertz CT molecular complexity index is 1740. The van der Waals surface area contributed by atoms with E-state index in [1.165, 1.54) is 4.90 Å². The zero-order chi connectivity index (χ0) is 34.7. The first-order valence-electron chi connectivity index (χ1n) is 16.9. The standard InChI is InChI=1S/C39H43N3O7/c1-4-6-16-32(44)48-24-30(27-13-8-7-9-14-27)40-36(45)33-31-19-20-39(49-31)34(33)37(46)42(25(3)23-43)35(39)38(47)41(21-5-2)29-18-17-26-12-10-11-15-28(26)22-29/h4-5,7-15,17-18,22,25,30-31,33-35,43H,1-2,6,16,19-21,23-24H2,3H3,(H,40,45)/t25-,30+,31-,33+,34+,35-,39+/m1/s1. The van der Waals surface area contributed by atoms with Crippen LogP contribution < -0.4 is 10.2 Å². The molecular formula is C39H43N3O7. The summed E-state index contributed by atoms with van der Waals surface area (Å²) in [6, 6.07) is 20.3. The number of aliphatic hydroxyl groups is 1. The molecule has 3 heterocycles. The number of allylic oxidation sites excluding steroid dienone is 1. The van der Waals surface area contributed by atoms with Crippen LogP contribution in [0.5, 0.6) is 0 Å². The molecule has 0 radical (unpaired) electrons. The molecule has 0 aliphatic carbocycles. The third-order valence-corrected chi connectivity index (χ3v) is 10.1. The van der Waals surface area contributed by atoms with Gasteiger partial charge < -0.3 is 29.7 Å². The first-order chi connectivity index (χ1) is 23.7. The largest absolute Gasteiger partial charge is 0.463 e. The van der Waals surface area contributed by atoms with Crippen molar-refractivity contribution in [2.75, 3.05) is 24.7 Å². The Morgan fingerprint density at radius 2 is 1.82 bits per heavy atom. The molecule has 0 aromatic heterocycles. The number of amides is 3. The van der Waals surface area contributed by atoms with Crippen LogP contribution in [0.4, 0.5) is 5.69 Å². The summed E-state index contributed by atoms with van der Waals surface area (Å²) in [6.45, 7) is 8.94. The molecule has 3 aromatic carbocycles. The second-order valence-corrected chi connectivity index (χ2v) is 13.1. The maximum absolute atomic E-state index is 14.8. The summed E-state index contributed by atoms with van der Waals surface area (Å²) >= 11 is 0. The smallest absolute Gasteiger partial charge is 0.306 e. The normalized spacial score (nSPS) is 25.0. The van der Waals surface area contributed by atoms with Crippen LogP contribution in [0.15, 0.2) is 98.1 Å². The number of carbonyl (C=O) groups is 4. The number of carbonyl (C=O) groups excluding carboxylic acids is 4. The van der Waals surface area contributed by atoms with Crippen molar-refractivity contribution in [3.63, 3.8) is 0 Å². The van der Waals surface area contributed by atoms with Crippen molar-refractivity contribution in [1.82, 2.24) is 10.2 Å². The lowest BCUT2D eigenvalue weighted by Crippen LogP contribution is -2.58. The van der Waals surface area contributed by atoms with Crippen molar-refractivity contribution in [3.8, 4) is 0 Å². The fourth-order valence-electron chi connectivity index (χ4n) is 7.82. The Kier molecular flexibility index (Phi) is 9.99. The number of likely N-dealkylation sites (tertiary alicyclic amines) is 1. The van der Waals surface area contributed by atoms with Crippen LogP contribution in [0, 0.1) is 11.8 Å². The van der Waals surface area contributed by atoms with Gasteiger partial charge in [-0.2, -0.15) is 0 Å². The van der Waals surface area contributed by atoms with Crippen LogP contribution >= 0.6 is 0 Å². The number of fused-ring (bicyclic) bond motifs is 2. The number of ether oxygens (including phenoxy) is 2. The maximum atomic E-state index is 14.8. The molecule has 3 aliphatic heterocycles. The summed E-state index contributed by atoms with van der Waals surface area (Å²) in [4.78, 5) is 58.9. The quantitative estimate of drug-likeness (QED) is 0.192. The SMILES string of the molecule is C=CCCC(=O)OC[C@H](NC(=O)[C@@H]1[C@H]2C(=O)N([C@H](C)CO)[C@H](C(=O)N(CC=C)c3ccc4ccccc4c3)[C@]23CC[C@H]1O3)c1ccccc1. The molecule has 2 N–H and O–H groups in total. The fraction of sp³-hybridized carbons (Fsp3) is 0.385. The molecule has 49 heavy (non-hydrogen) atoms. The van der Waals surface area contributed by atoms with E-state index in [4.69, 9.17) is 9.47 Å². The second kappa shape index (κ2) is 14.4. The highest BCUT2D eigenvalue weighted by Gasteiger charge is 2.75. The third kappa shape index (κ3) is 6.26. The van der Waals surface area contributed by atoms with Gasteiger partial charge in [-0.3, -0.25) is 19.2 Å². The number of hydrogen-bond donors (Lipinski definition) is 2. The van der Waals surface area contributed by atoms with E-state index in [1.54, 1.807) is 24.0 Å². The highest BCUT2D eigenvalue weighted by Crippen LogP contribution is 2.59. The summed E-state index contributed by atoms with van der Waals surface area (Å²) in [6.07, 6.45) is 4.22. The van der Waals surface area contributed by atoms with E-state index in [1.807, 2.05) is 72.8 Å². The summed E-state index contributed by atoms with van der Waals surface area (Å²) < 4.78 is 12.2. The van der Waals surface area contributed by atoms with Crippen molar-refractivity contribution in [2.24, 2.45) is 11.8 Å². The number of nitrogens with one attached hydrogen (secondary N) is 1. The average molecular weight is 666 g/mol. The second-order valence-electron chi connectivity index (χ2n) is 13.1. The van der Waals surface area contributed by atoms with E-state index in [-0.39, 0.29) is 32.1 Å². The minimum atomic E-state index is -1.26. The molecule has 10 heteroatoms. The van der Waals surface area contributed by atoms with Gasteiger partial charge in [0.05, 0.1) is 36.6 Å². The Morgan fingerprint density at radius 3 is 2.53 bits per heavy atom. The zero-order valence-corrected chi connectivity index (χ0v) is 27.7. The predicted octanol–water partition coefficient (Wildman–Crippen LogP) is 4.48. The summed E-state index contributed by atoms with van der Waals surface area (Å²) in [5, 5.41) is 15.3. The van der Waals surface area contributed by atoms with Gasteiger partial charge in [0.1, 0.15) is 18.2 Å². The van der Waals surface area contributed by atoms with Crippen molar-refractivity contribution >= 4 is 40.2 Å². The van der Waals surface area contributed by atoms with E-state index >= 15 is 0 Å². The number of rotatable bonds is 14. The van der Waals surface area contributed by atoms with Gasteiger partial charge in [-0.1, -0.05) is 72.8 Å². The highest BCUT2D eigenvalue weighted by atomic mass is 16.5.